The van der Waals surface area contributed by atoms with E-state index in [0.717, 1.165) is 62.2 Å². The van der Waals surface area contributed by atoms with Crippen molar-refractivity contribution < 1.29 is 85.1 Å². The molecule has 2 radical (unpaired) electrons. The molecule has 0 fully saturated rings. The fourth-order valence-electron chi connectivity index (χ4n) is 7.65. The Morgan fingerprint density at radius 3 is 1.21 bits per heavy atom. The van der Waals surface area contributed by atoms with Crippen molar-refractivity contribution in [1.29, 1.82) is 0 Å². The van der Waals surface area contributed by atoms with Gasteiger partial charge in [-0.25, -0.2) is 38.1 Å². The Kier molecular flexibility index (Phi) is 51.0. The van der Waals surface area contributed by atoms with Crippen LogP contribution >= 0.6 is 108 Å². The van der Waals surface area contributed by atoms with Crippen LogP contribution in [0.15, 0.2) is 60.0 Å². The Morgan fingerprint density at radius 2 is 0.889 bits per heavy atom. The van der Waals surface area contributed by atoms with Crippen molar-refractivity contribution in [2.24, 2.45) is 0 Å². The van der Waals surface area contributed by atoms with E-state index in [4.69, 9.17) is 61.6 Å². The molecule has 9 aromatic heterocycles. The molecule has 0 aliphatic heterocycles. The number of hydrogen-bond acceptors (Lipinski definition) is 20. The zero-order chi connectivity index (χ0) is 71.0. The predicted molar refractivity (Wildman–Crippen MR) is 414 cm³/mol. The van der Waals surface area contributed by atoms with Crippen LogP contribution < -0.4 is 11.3 Å². The van der Waals surface area contributed by atoms with Crippen LogP contribution in [-0.4, -0.2) is 122 Å². The van der Waals surface area contributed by atoms with Crippen molar-refractivity contribution in [2.45, 2.75) is 208 Å². The van der Waals surface area contributed by atoms with E-state index in [2.05, 4.69) is 157 Å². The summed E-state index contributed by atoms with van der Waals surface area (Å²) >= 11 is 27.8. The number of nitrogen functional groups attached to an aromatic ring is 1. The van der Waals surface area contributed by atoms with Crippen molar-refractivity contribution in [3.8, 4) is 5.88 Å². The quantitative estimate of drug-likeness (QED) is 0.0343. The number of aryl methyl sites for hydroxylation is 2. The molecule has 26 nitrogen and oxygen atoms in total. The predicted octanol–water partition coefficient (Wildman–Crippen LogP) is 18.4. The molecule has 0 spiro atoms. The molecule has 35 heteroatoms. The number of rotatable bonds is 9. The molecule has 9 rings (SSSR count). The van der Waals surface area contributed by atoms with Gasteiger partial charge in [0.25, 0.3) is 5.56 Å². The van der Waals surface area contributed by atoms with Crippen molar-refractivity contribution in [3.63, 3.8) is 0 Å². The van der Waals surface area contributed by atoms with Gasteiger partial charge >= 0.3 is 24.2 Å². The smallest absolute Gasteiger partial charge is 0.493 e. The minimum atomic E-state index is -1.06. The molecule has 0 aliphatic carbocycles. The molecule has 99 heavy (non-hydrogen) atoms. The second kappa shape index (κ2) is 49.0. The number of aromatic nitrogens is 14. The number of aromatic amines is 2. The molecular weight excluding hydrogens is 1780 g/mol. The second-order valence-corrected chi connectivity index (χ2v) is 25.1. The Bertz CT molecular complexity index is 3690. The maximum absolute atomic E-state index is 11.1. The topological polar surface area (TPSA) is 330 Å². The molecule has 9 heterocycles. The van der Waals surface area contributed by atoms with Crippen molar-refractivity contribution >= 4 is 160 Å². The van der Waals surface area contributed by atoms with Crippen LogP contribution in [0.2, 0.25) is 20.6 Å². The van der Waals surface area contributed by atoms with Crippen molar-refractivity contribution in [3.05, 3.63) is 125 Å². The van der Waals surface area contributed by atoms with E-state index in [0.29, 0.717) is 55.7 Å². The SMILES string of the molecule is C.C.C.CC(C)(C)OC(=O)OC(=O)OC(C)(C)C.CC(C)c1cn[nH]c1N.CC(C)c1cnn2c(Cl)cc(Cl)nc12.CC(C)c1cnn2c(O)cc(=O)[nH]c12.CCOC(=O)CC(=O)OCC.Cc1cc(Cl)nc2c(C(C)C)cnn12.Cc1cc(Cl)nc2c(C(C)C)cnn12.I.II.[V].[V]. The minimum absolute atomic E-state index is 0. The van der Waals surface area contributed by atoms with E-state index >= 15 is 0 Å². The maximum atomic E-state index is 11.1. The number of nitrogens with zero attached hydrogens (tertiary/aromatic N) is 12. The van der Waals surface area contributed by atoms with Gasteiger partial charge in [-0.1, -0.05) is 138 Å². The van der Waals surface area contributed by atoms with Gasteiger partial charge in [0.1, 0.15) is 49.7 Å². The third-order valence-corrected chi connectivity index (χ3v) is 12.7. The van der Waals surface area contributed by atoms with E-state index in [1.165, 1.54) is 4.52 Å². The average molecular weight is 1880 g/mol. The standard InChI is InChI=1S/2C10H12ClN3.C10H18O5.C9H9Cl2N3.C9H11N3O2.C7H12O4.C6H11N3.3CH4.I2.HI.2V/c2*1-6(2)8-5-12-14-7(3)4-9(11)13-10(8)14;1-9(2,3)14-7(11)13-8(12)15-10(4,5)6;1-5(2)6-4-12-14-8(11)3-7(10)13-9(6)14;1-5(2)6-4-10-12-8(14)3-7(13)11-9(6)12;1-3-10-6(8)5-7(9)11-4-2;1-4(2)5-3-8-9-6(5)7;;;;1-2;;;/h2*4-6H,1-3H3;1-6H3;3-5H,1-2H3;3-5,14H,1-2H3,(H,11,13);3-5H2,1-2H3;3-4H,1-2H3,(H3,7,8,9);3*1H4;;1H;;. The summed E-state index contributed by atoms with van der Waals surface area (Å²) in [7, 11) is 0. The number of ether oxygens (including phenoxy) is 5. The van der Waals surface area contributed by atoms with Gasteiger partial charge in [0, 0.05) is 120 Å². The van der Waals surface area contributed by atoms with Crippen LogP contribution in [0.4, 0.5) is 15.4 Å². The maximum Gasteiger partial charge on any atom is 0.519 e. The normalized spacial score (nSPS) is 10.3. The number of anilines is 1. The van der Waals surface area contributed by atoms with Crippen LogP contribution in [0.3, 0.4) is 0 Å². The molecular formula is C64H98Cl4I3N15O11V2. The first kappa shape index (κ1) is 103. The summed E-state index contributed by atoms with van der Waals surface area (Å²) in [4.78, 5) is 69.8. The van der Waals surface area contributed by atoms with Gasteiger partial charge in [-0.3, -0.25) is 19.5 Å². The van der Waals surface area contributed by atoms with Crippen LogP contribution in [0.5, 0.6) is 5.88 Å². The van der Waals surface area contributed by atoms with Gasteiger partial charge in [-0.15, -0.1) is 24.0 Å². The first-order valence-electron chi connectivity index (χ1n) is 29.2. The van der Waals surface area contributed by atoms with Crippen LogP contribution in [0, 0.1) is 13.8 Å². The molecule has 0 aliphatic rings. The van der Waals surface area contributed by atoms with E-state index < -0.39 is 35.5 Å². The first-order valence-corrected chi connectivity index (χ1v) is 37.0. The Morgan fingerprint density at radius 1 is 0.556 bits per heavy atom. The molecule has 0 bridgehead atoms. The summed E-state index contributed by atoms with van der Waals surface area (Å²) < 4.78 is 29.4. The van der Waals surface area contributed by atoms with Gasteiger partial charge < -0.3 is 39.5 Å². The number of halogens is 7. The number of nitrogens with one attached hydrogen (secondary N) is 2. The zero-order valence-electron chi connectivity index (χ0n) is 57.2. The fourth-order valence-corrected chi connectivity index (χ4v) is 8.59. The molecule has 0 unspecified atom stereocenters. The Labute approximate surface area is 665 Å². The second-order valence-electron chi connectivity index (χ2n) is 23.5. The van der Waals surface area contributed by atoms with E-state index in [1.807, 2.05) is 61.3 Å². The number of aromatic hydroxyl groups is 1. The van der Waals surface area contributed by atoms with Gasteiger partial charge in [-0.2, -0.15) is 30.0 Å². The van der Waals surface area contributed by atoms with Crippen molar-refractivity contribution in [1.82, 2.24) is 68.6 Å². The molecule has 0 amide bonds. The number of esters is 2. The number of carbonyl (C=O) groups excluding carboxylic acids is 4. The zero-order valence-corrected chi connectivity index (χ0v) is 69.7. The number of nitrogens with two attached hydrogens (primary N) is 1. The Hall–Kier alpha value is -4.71. The van der Waals surface area contributed by atoms with Gasteiger partial charge in [0.05, 0.1) is 50.3 Å². The Balaban J connectivity index is -0.000000344. The molecule has 0 atom stereocenters. The monoisotopic (exact) mass is 1880 g/mol. The van der Waals surface area contributed by atoms with Gasteiger partial charge in [0.15, 0.2) is 16.9 Å². The molecule has 0 aromatic carbocycles. The summed E-state index contributed by atoms with van der Waals surface area (Å²) in [5.41, 5.74) is 14.2. The summed E-state index contributed by atoms with van der Waals surface area (Å²) in [5.74, 6) is 1.37. The largest absolute Gasteiger partial charge is 0.519 e. The summed E-state index contributed by atoms with van der Waals surface area (Å²) in [6, 6.07) is 6.30. The van der Waals surface area contributed by atoms with E-state index in [-0.39, 0.29) is 120 Å². The summed E-state index contributed by atoms with van der Waals surface area (Å²) in [6.07, 6.45) is 6.49. The summed E-state index contributed by atoms with van der Waals surface area (Å²) in [6.45, 7) is 38.7. The van der Waals surface area contributed by atoms with E-state index in [9.17, 15) is 29.1 Å². The van der Waals surface area contributed by atoms with Gasteiger partial charge in [-0.05, 0) is 111 Å². The molecule has 9 aromatic rings. The molecule has 5 N–H and O–H groups in total. The molecule has 554 valence electrons. The number of hydrogen-bond donors (Lipinski definition) is 4. The molecule has 0 saturated carbocycles. The number of fused-ring (bicyclic) bond motifs is 4. The fraction of sp³-hybridized carbons (Fsp3) is 0.516. The van der Waals surface area contributed by atoms with E-state index in [1.54, 1.807) is 84.6 Å². The van der Waals surface area contributed by atoms with Crippen LogP contribution in [0.25, 0.3) is 22.6 Å². The third kappa shape index (κ3) is 34.9. The minimum Gasteiger partial charge on any atom is -0.493 e. The number of H-pyrrole nitrogens is 2. The average Bonchev–Trinajstić information content (AvgIpc) is 1.70. The van der Waals surface area contributed by atoms with Crippen LogP contribution in [0.1, 0.15) is 222 Å². The van der Waals surface area contributed by atoms with Crippen LogP contribution in [-0.2, 0) is 70.4 Å². The third-order valence-electron chi connectivity index (χ3n) is 11.9. The number of carbonyl (C=O) groups is 4. The summed E-state index contributed by atoms with van der Waals surface area (Å²) in [5, 5.41) is 34.5. The first-order chi connectivity index (χ1) is 43.3. The molecule has 0 saturated heterocycles. The van der Waals surface area contributed by atoms with Gasteiger partial charge in [0.2, 0.25) is 5.88 Å². The van der Waals surface area contributed by atoms with Crippen molar-refractivity contribution in [2.75, 3.05) is 18.9 Å².